The standard InChI is InChI=1S/C27H48O5S/c1-4-5-6-7-8-9-10-11-12-13-14-15-16-17-22-31-23-26(30-3)24-32-33(28,29)27-20-18-25(2)19-21-27/h18-21,26H,4-17,22-24H2,1-3H3. The van der Waals surface area contributed by atoms with E-state index in [1.165, 1.54) is 83.5 Å². The van der Waals surface area contributed by atoms with Gasteiger partial charge in [0.05, 0.1) is 18.1 Å². The van der Waals surface area contributed by atoms with E-state index >= 15 is 0 Å². The van der Waals surface area contributed by atoms with Gasteiger partial charge in [-0.25, -0.2) is 0 Å². The van der Waals surface area contributed by atoms with Crippen LogP contribution >= 0.6 is 0 Å². The molecule has 6 heteroatoms. The molecule has 1 atom stereocenters. The molecule has 0 aromatic heterocycles. The minimum Gasteiger partial charge on any atom is -0.379 e. The smallest absolute Gasteiger partial charge is 0.297 e. The number of benzene rings is 1. The SMILES string of the molecule is CCCCCCCCCCCCCCCCOCC(COS(=O)(=O)c1ccc(C)cc1)OC. The molecule has 0 saturated heterocycles. The van der Waals surface area contributed by atoms with Gasteiger partial charge in [0.15, 0.2) is 0 Å². The quantitative estimate of drug-likeness (QED) is 0.128. The number of aryl methyl sites for hydroxylation is 1. The monoisotopic (exact) mass is 484 g/mol. The molecular formula is C27H48O5S. The molecule has 0 saturated carbocycles. The molecule has 0 spiro atoms. The molecule has 0 heterocycles. The zero-order valence-corrected chi connectivity index (χ0v) is 22.2. The van der Waals surface area contributed by atoms with Crippen molar-refractivity contribution in [2.75, 3.05) is 26.9 Å². The largest absolute Gasteiger partial charge is 0.379 e. The van der Waals surface area contributed by atoms with Gasteiger partial charge < -0.3 is 9.47 Å². The van der Waals surface area contributed by atoms with E-state index < -0.39 is 16.2 Å². The van der Waals surface area contributed by atoms with E-state index in [4.69, 9.17) is 13.7 Å². The Morgan fingerprint density at radius 1 is 0.727 bits per heavy atom. The Morgan fingerprint density at radius 3 is 1.70 bits per heavy atom. The summed E-state index contributed by atoms with van der Waals surface area (Å²) in [5.41, 5.74) is 1.00. The van der Waals surface area contributed by atoms with Gasteiger partial charge in [0.2, 0.25) is 0 Å². The van der Waals surface area contributed by atoms with Crippen molar-refractivity contribution in [1.29, 1.82) is 0 Å². The van der Waals surface area contributed by atoms with Gasteiger partial charge in [-0.3, -0.25) is 4.18 Å². The first kappa shape index (κ1) is 30.1. The summed E-state index contributed by atoms with van der Waals surface area (Å²) in [6.07, 6.45) is 18.2. The molecule has 1 aromatic carbocycles. The summed E-state index contributed by atoms with van der Waals surface area (Å²) < 4.78 is 40.7. The van der Waals surface area contributed by atoms with E-state index in [0.717, 1.165) is 12.0 Å². The van der Waals surface area contributed by atoms with Gasteiger partial charge >= 0.3 is 0 Å². The summed E-state index contributed by atoms with van der Waals surface area (Å²) in [5, 5.41) is 0. The molecule has 0 aliphatic heterocycles. The zero-order chi connectivity index (χ0) is 24.2. The third kappa shape index (κ3) is 15.5. The van der Waals surface area contributed by atoms with Crippen LogP contribution in [0.15, 0.2) is 29.2 Å². The van der Waals surface area contributed by atoms with E-state index in [2.05, 4.69) is 6.92 Å². The molecule has 0 aliphatic carbocycles. The van der Waals surface area contributed by atoms with Crippen LogP contribution in [0.3, 0.4) is 0 Å². The van der Waals surface area contributed by atoms with Crippen LogP contribution in [-0.4, -0.2) is 41.5 Å². The number of rotatable bonds is 22. The van der Waals surface area contributed by atoms with Crippen molar-refractivity contribution in [3.05, 3.63) is 29.8 Å². The third-order valence-corrected chi connectivity index (χ3v) is 7.29. The average Bonchev–Trinajstić information content (AvgIpc) is 2.81. The predicted octanol–water partition coefficient (Wildman–Crippen LogP) is 7.21. The number of methoxy groups -OCH3 is 1. The summed E-state index contributed by atoms with van der Waals surface area (Å²) >= 11 is 0. The summed E-state index contributed by atoms with van der Waals surface area (Å²) in [4.78, 5) is 0.159. The Balaban J connectivity index is 1.97. The van der Waals surface area contributed by atoms with Crippen molar-refractivity contribution >= 4 is 10.1 Å². The topological polar surface area (TPSA) is 61.8 Å². The van der Waals surface area contributed by atoms with Crippen LogP contribution in [0.4, 0.5) is 0 Å². The molecule has 0 bridgehead atoms. The number of hydrogen-bond acceptors (Lipinski definition) is 5. The fourth-order valence-corrected chi connectivity index (χ4v) is 4.67. The van der Waals surface area contributed by atoms with E-state index in [1.807, 2.05) is 6.92 Å². The lowest BCUT2D eigenvalue weighted by Crippen LogP contribution is -2.26. The second-order valence-corrected chi connectivity index (χ2v) is 10.7. The maximum absolute atomic E-state index is 12.3. The number of hydrogen-bond donors (Lipinski definition) is 0. The maximum atomic E-state index is 12.3. The summed E-state index contributed by atoms with van der Waals surface area (Å²) in [5.74, 6) is 0. The van der Waals surface area contributed by atoms with E-state index in [0.29, 0.717) is 13.2 Å². The highest BCUT2D eigenvalue weighted by Crippen LogP contribution is 2.15. The first-order valence-corrected chi connectivity index (χ1v) is 14.5. The molecule has 0 N–H and O–H groups in total. The van der Waals surface area contributed by atoms with Crippen LogP contribution in [0.25, 0.3) is 0 Å². The van der Waals surface area contributed by atoms with Crippen LogP contribution in [0.1, 0.15) is 102 Å². The van der Waals surface area contributed by atoms with Crippen molar-refractivity contribution in [2.45, 2.75) is 115 Å². The Morgan fingerprint density at radius 2 is 1.21 bits per heavy atom. The summed E-state index contributed by atoms with van der Waals surface area (Å²) in [6.45, 7) is 5.13. The van der Waals surface area contributed by atoms with Crippen molar-refractivity contribution in [2.24, 2.45) is 0 Å². The Kier molecular flexibility index (Phi) is 17.7. The number of ether oxygens (including phenoxy) is 2. The fraction of sp³-hybridized carbons (Fsp3) is 0.778. The Bertz CT molecular complexity index is 672. The molecule has 1 aromatic rings. The molecule has 0 radical (unpaired) electrons. The molecular weight excluding hydrogens is 436 g/mol. The summed E-state index contributed by atoms with van der Waals surface area (Å²) in [6, 6.07) is 6.62. The zero-order valence-electron chi connectivity index (χ0n) is 21.4. The van der Waals surface area contributed by atoms with E-state index in [1.54, 1.807) is 31.4 Å². The minimum absolute atomic E-state index is 0.0501. The molecule has 0 amide bonds. The minimum atomic E-state index is -3.78. The average molecular weight is 485 g/mol. The lowest BCUT2D eigenvalue weighted by atomic mass is 10.0. The molecule has 0 fully saturated rings. The second kappa shape index (κ2) is 19.4. The van der Waals surface area contributed by atoms with Gasteiger partial charge in [0.25, 0.3) is 10.1 Å². The lowest BCUT2D eigenvalue weighted by Gasteiger charge is -2.16. The van der Waals surface area contributed by atoms with Gasteiger partial charge in [0, 0.05) is 13.7 Å². The first-order chi connectivity index (χ1) is 16.0. The summed E-state index contributed by atoms with van der Waals surface area (Å²) in [7, 11) is -2.23. The third-order valence-electron chi connectivity index (χ3n) is 6.00. The maximum Gasteiger partial charge on any atom is 0.297 e. The van der Waals surface area contributed by atoms with E-state index in [-0.39, 0.29) is 11.5 Å². The molecule has 5 nitrogen and oxygen atoms in total. The van der Waals surface area contributed by atoms with E-state index in [9.17, 15) is 8.42 Å². The fourth-order valence-electron chi connectivity index (χ4n) is 3.74. The predicted molar refractivity (Wildman–Crippen MR) is 136 cm³/mol. The Labute approximate surface area is 203 Å². The van der Waals surface area contributed by atoms with Crippen molar-refractivity contribution in [3.8, 4) is 0 Å². The van der Waals surface area contributed by atoms with Crippen LogP contribution in [0.5, 0.6) is 0 Å². The van der Waals surface area contributed by atoms with Gasteiger partial charge in [-0.2, -0.15) is 8.42 Å². The van der Waals surface area contributed by atoms with Crippen molar-refractivity contribution < 1.29 is 22.1 Å². The highest BCUT2D eigenvalue weighted by atomic mass is 32.2. The van der Waals surface area contributed by atoms with Crippen LogP contribution < -0.4 is 0 Å². The van der Waals surface area contributed by atoms with Crippen LogP contribution in [0, 0.1) is 6.92 Å². The number of unbranched alkanes of at least 4 members (excludes halogenated alkanes) is 13. The first-order valence-electron chi connectivity index (χ1n) is 13.1. The van der Waals surface area contributed by atoms with Crippen molar-refractivity contribution in [1.82, 2.24) is 0 Å². The lowest BCUT2D eigenvalue weighted by molar-refractivity contribution is -0.0140. The highest BCUT2D eigenvalue weighted by Gasteiger charge is 2.18. The van der Waals surface area contributed by atoms with Gasteiger partial charge in [-0.15, -0.1) is 0 Å². The molecule has 0 aliphatic rings. The molecule has 1 rings (SSSR count). The molecule has 1 unspecified atom stereocenters. The van der Waals surface area contributed by atoms with Gasteiger partial charge in [-0.05, 0) is 25.5 Å². The van der Waals surface area contributed by atoms with Crippen LogP contribution in [-0.2, 0) is 23.8 Å². The normalized spacial score (nSPS) is 12.8. The molecule has 33 heavy (non-hydrogen) atoms. The highest BCUT2D eigenvalue weighted by molar-refractivity contribution is 7.86. The second-order valence-electron chi connectivity index (χ2n) is 9.08. The Hall–Kier alpha value is -0.950. The van der Waals surface area contributed by atoms with Gasteiger partial charge in [0.1, 0.15) is 6.10 Å². The molecule has 192 valence electrons. The van der Waals surface area contributed by atoms with Crippen LogP contribution in [0.2, 0.25) is 0 Å². The van der Waals surface area contributed by atoms with Crippen molar-refractivity contribution in [3.63, 3.8) is 0 Å². The van der Waals surface area contributed by atoms with Gasteiger partial charge in [-0.1, -0.05) is 108 Å².